The Bertz CT molecular complexity index is 1030. The normalized spacial score (nSPS) is 17.9. The molecule has 148 valence electrons. The van der Waals surface area contributed by atoms with E-state index in [1.165, 1.54) is 22.7 Å². The standard InChI is InChI=1S/C22H21N3O3S/c1-3-11-28-22(27)17(13-23)21-25(4-2)20(26)19(29-21)10-9-15-12-16-7-5-6-8-18(16)24-14-15/h3,5-8,12,14,19H,1,4,9-11H2,2H3/b21-17-. The highest BCUT2D eigenvalue weighted by molar-refractivity contribution is 8.04. The van der Waals surface area contributed by atoms with Crippen LogP contribution in [0.2, 0.25) is 0 Å². The molecule has 0 saturated carbocycles. The molecule has 0 bridgehead atoms. The molecule has 1 aliphatic heterocycles. The maximum Gasteiger partial charge on any atom is 0.351 e. The van der Waals surface area contributed by atoms with Crippen molar-refractivity contribution < 1.29 is 14.3 Å². The first-order valence-corrected chi connectivity index (χ1v) is 10.2. The lowest BCUT2D eigenvalue weighted by atomic mass is 10.1. The number of esters is 1. The molecule has 3 rings (SSSR count). The number of carbonyl (C=O) groups is 2. The molecule has 1 atom stereocenters. The van der Waals surface area contributed by atoms with Gasteiger partial charge in [0.1, 0.15) is 17.7 Å². The number of pyridine rings is 1. The number of carbonyl (C=O) groups excluding carboxylic acids is 2. The minimum Gasteiger partial charge on any atom is -0.457 e. The maximum absolute atomic E-state index is 12.8. The Morgan fingerprint density at radius 2 is 2.24 bits per heavy atom. The molecule has 7 heteroatoms. The Hall–Kier alpha value is -3.11. The predicted octanol–water partition coefficient (Wildman–Crippen LogP) is 3.60. The molecule has 0 N–H and O–H groups in total. The van der Waals surface area contributed by atoms with E-state index in [2.05, 4.69) is 17.6 Å². The smallest absolute Gasteiger partial charge is 0.351 e. The number of amides is 1. The summed E-state index contributed by atoms with van der Waals surface area (Å²) >= 11 is 1.26. The number of fused-ring (bicyclic) bond motifs is 1. The third kappa shape index (κ3) is 4.49. The highest BCUT2D eigenvalue weighted by Crippen LogP contribution is 2.39. The summed E-state index contributed by atoms with van der Waals surface area (Å²) in [5, 5.41) is 10.5. The van der Waals surface area contributed by atoms with Crippen LogP contribution in [0.1, 0.15) is 18.9 Å². The van der Waals surface area contributed by atoms with Gasteiger partial charge in [-0.1, -0.05) is 42.6 Å². The summed E-state index contributed by atoms with van der Waals surface area (Å²) in [5.74, 6) is -0.828. The average Bonchev–Trinajstić information content (AvgIpc) is 3.06. The zero-order chi connectivity index (χ0) is 20.8. The molecule has 1 saturated heterocycles. The van der Waals surface area contributed by atoms with Gasteiger partial charge in [0.25, 0.3) is 0 Å². The fourth-order valence-electron chi connectivity index (χ4n) is 3.14. The zero-order valence-electron chi connectivity index (χ0n) is 16.1. The Balaban J connectivity index is 1.77. The number of benzene rings is 1. The van der Waals surface area contributed by atoms with Crippen molar-refractivity contribution in [1.29, 1.82) is 5.26 Å². The van der Waals surface area contributed by atoms with Crippen molar-refractivity contribution >= 4 is 34.5 Å². The summed E-state index contributed by atoms with van der Waals surface area (Å²) in [6, 6.07) is 11.9. The molecule has 1 unspecified atom stereocenters. The number of nitriles is 1. The van der Waals surface area contributed by atoms with Crippen LogP contribution >= 0.6 is 11.8 Å². The minimum absolute atomic E-state index is 0.0143. The van der Waals surface area contributed by atoms with E-state index in [9.17, 15) is 14.9 Å². The van der Waals surface area contributed by atoms with Gasteiger partial charge in [-0.2, -0.15) is 5.26 Å². The largest absolute Gasteiger partial charge is 0.457 e. The summed E-state index contributed by atoms with van der Waals surface area (Å²) in [4.78, 5) is 31.0. The SMILES string of the molecule is C=CCOC(=O)/C(C#N)=C1\SC(CCc2cnc3ccccc3c2)C(=O)N1CC. The lowest BCUT2D eigenvalue weighted by molar-refractivity contribution is -0.137. The Kier molecular flexibility index (Phi) is 6.68. The number of aromatic nitrogens is 1. The van der Waals surface area contributed by atoms with Crippen LogP contribution < -0.4 is 0 Å². The van der Waals surface area contributed by atoms with Crippen molar-refractivity contribution in [3.8, 4) is 6.07 Å². The van der Waals surface area contributed by atoms with Gasteiger partial charge < -0.3 is 9.64 Å². The molecule has 1 aliphatic rings. The molecule has 1 fully saturated rings. The topological polar surface area (TPSA) is 83.3 Å². The molecule has 0 radical (unpaired) electrons. The van der Waals surface area contributed by atoms with Gasteiger partial charge in [-0.3, -0.25) is 9.78 Å². The molecule has 0 spiro atoms. The highest BCUT2D eigenvalue weighted by atomic mass is 32.2. The van der Waals surface area contributed by atoms with Crippen LogP contribution in [-0.4, -0.2) is 40.2 Å². The van der Waals surface area contributed by atoms with Gasteiger partial charge in [-0.05, 0) is 37.5 Å². The molecule has 1 aromatic heterocycles. The van der Waals surface area contributed by atoms with Crippen LogP contribution in [0.4, 0.5) is 0 Å². The monoisotopic (exact) mass is 407 g/mol. The second-order valence-electron chi connectivity index (χ2n) is 6.44. The van der Waals surface area contributed by atoms with E-state index >= 15 is 0 Å². The molecule has 6 nitrogen and oxygen atoms in total. The van der Waals surface area contributed by atoms with Crippen molar-refractivity contribution in [2.24, 2.45) is 0 Å². The van der Waals surface area contributed by atoms with E-state index in [0.29, 0.717) is 24.4 Å². The van der Waals surface area contributed by atoms with Crippen molar-refractivity contribution in [2.75, 3.05) is 13.2 Å². The molecule has 0 aliphatic carbocycles. The fraction of sp³-hybridized carbons (Fsp3) is 0.273. The molecular formula is C22H21N3O3S. The summed E-state index contributed by atoms with van der Waals surface area (Å²) in [7, 11) is 0. The predicted molar refractivity (Wildman–Crippen MR) is 113 cm³/mol. The van der Waals surface area contributed by atoms with Gasteiger partial charge in [0.2, 0.25) is 5.91 Å². The van der Waals surface area contributed by atoms with Crippen LogP contribution in [0.15, 0.2) is 59.8 Å². The molecule has 2 heterocycles. The highest BCUT2D eigenvalue weighted by Gasteiger charge is 2.39. The number of thioether (sulfide) groups is 1. The van der Waals surface area contributed by atoms with Gasteiger partial charge in [0.05, 0.1) is 10.8 Å². The second kappa shape index (κ2) is 9.39. The van der Waals surface area contributed by atoms with Gasteiger partial charge in [0, 0.05) is 18.1 Å². The van der Waals surface area contributed by atoms with E-state index in [1.807, 2.05) is 43.5 Å². The van der Waals surface area contributed by atoms with Crippen LogP contribution in [0, 0.1) is 11.3 Å². The van der Waals surface area contributed by atoms with E-state index in [0.717, 1.165) is 16.5 Å². The molecule has 1 amide bonds. The van der Waals surface area contributed by atoms with Crippen molar-refractivity contribution in [1.82, 2.24) is 9.88 Å². The van der Waals surface area contributed by atoms with E-state index in [-0.39, 0.29) is 23.3 Å². The Morgan fingerprint density at radius 1 is 1.45 bits per heavy atom. The van der Waals surface area contributed by atoms with Crippen molar-refractivity contribution in [2.45, 2.75) is 25.0 Å². The third-order valence-corrected chi connectivity index (χ3v) is 5.93. The molecule has 29 heavy (non-hydrogen) atoms. The number of hydrogen-bond donors (Lipinski definition) is 0. The number of nitrogens with zero attached hydrogens (tertiary/aromatic N) is 3. The number of rotatable bonds is 7. The summed E-state index contributed by atoms with van der Waals surface area (Å²) in [6.07, 6.45) is 4.52. The number of aryl methyl sites for hydroxylation is 1. The van der Waals surface area contributed by atoms with Gasteiger partial charge >= 0.3 is 5.97 Å². The molecule has 2 aromatic rings. The third-order valence-electron chi connectivity index (χ3n) is 4.56. The lowest BCUT2D eigenvalue weighted by Crippen LogP contribution is -2.29. The van der Waals surface area contributed by atoms with E-state index in [4.69, 9.17) is 4.74 Å². The second-order valence-corrected chi connectivity index (χ2v) is 7.63. The summed E-state index contributed by atoms with van der Waals surface area (Å²) < 4.78 is 4.99. The first kappa shape index (κ1) is 20.6. The number of hydrogen-bond acceptors (Lipinski definition) is 6. The Labute approximate surface area is 173 Å². The first-order chi connectivity index (χ1) is 14.1. The number of para-hydroxylation sites is 1. The van der Waals surface area contributed by atoms with Gasteiger partial charge in [0.15, 0.2) is 5.57 Å². The summed E-state index contributed by atoms with van der Waals surface area (Å²) in [5.41, 5.74) is 1.84. The van der Waals surface area contributed by atoms with Gasteiger partial charge in [-0.15, -0.1) is 0 Å². The van der Waals surface area contributed by atoms with Crippen molar-refractivity contribution in [3.63, 3.8) is 0 Å². The maximum atomic E-state index is 12.8. The molecular weight excluding hydrogens is 386 g/mol. The lowest BCUT2D eigenvalue weighted by Gasteiger charge is -2.15. The minimum atomic E-state index is -0.736. The average molecular weight is 407 g/mol. The Morgan fingerprint density at radius 3 is 2.97 bits per heavy atom. The first-order valence-electron chi connectivity index (χ1n) is 9.33. The number of ether oxygens (including phenoxy) is 1. The quantitative estimate of drug-likeness (QED) is 0.302. The van der Waals surface area contributed by atoms with Crippen LogP contribution in [-0.2, 0) is 20.7 Å². The van der Waals surface area contributed by atoms with Crippen molar-refractivity contribution in [3.05, 3.63) is 65.3 Å². The van der Waals surface area contributed by atoms with Crippen LogP contribution in [0.25, 0.3) is 10.9 Å². The van der Waals surface area contributed by atoms with Crippen LogP contribution in [0.3, 0.4) is 0 Å². The molecule has 1 aromatic carbocycles. The van der Waals surface area contributed by atoms with Gasteiger partial charge in [-0.25, -0.2) is 4.79 Å². The van der Waals surface area contributed by atoms with Crippen LogP contribution in [0.5, 0.6) is 0 Å². The van der Waals surface area contributed by atoms with E-state index in [1.54, 1.807) is 0 Å². The fourth-order valence-corrected chi connectivity index (χ4v) is 4.46. The summed E-state index contributed by atoms with van der Waals surface area (Å²) in [6.45, 7) is 5.71. The van der Waals surface area contributed by atoms with E-state index < -0.39 is 5.97 Å². The zero-order valence-corrected chi connectivity index (χ0v) is 16.9.